The van der Waals surface area contributed by atoms with Crippen molar-refractivity contribution in [3.05, 3.63) is 55.2 Å². The maximum atomic E-state index is 5.08. The van der Waals surface area contributed by atoms with Crippen LogP contribution in [-0.4, -0.2) is 55.7 Å². The van der Waals surface area contributed by atoms with Crippen LogP contribution in [0.2, 0.25) is 0 Å². The van der Waals surface area contributed by atoms with Crippen LogP contribution in [0.5, 0.6) is 0 Å². The number of nitrogens with one attached hydrogen (secondary N) is 2. The molecule has 8 heteroatoms. The van der Waals surface area contributed by atoms with Crippen LogP contribution in [0.4, 0.5) is 5.82 Å². The molecule has 1 aromatic carbocycles. The molecule has 36 heavy (non-hydrogen) atoms. The summed E-state index contributed by atoms with van der Waals surface area (Å²) in [5.74, 6) is 1.03. The van der Waals surface area contributed by atoms with Crippen LogP contribution in [0, 0.1) is 0 Å². The van der Waals surface area contributed by atoms with Crippen LogP contribution >= 0.6 is 0 Å². The van der Waals surface area contributed by atoms with Crippen LogP contribution in [0.15, 0.2) is 55.2 Å². The monoisotopic (exact) mass is 478 g/mol. The average molecular weight is 479 g/mol. The van der Waals surface area contributed by atoms with Crippen LogP contribution in [-0.2, 0) is 0 Å². The van der Waals surface area contributed by atoms with E-state index in [1.54, 1.807) is 0 Å². The van der Waals surface area contributed by atoms with E-state index in [1.807, 2.05) is 31.0 Å². The number of H-pyrrole nitrogens is 1. The highest BCUT2D eigenvalue weighted by Gasteiger charge is 2.19. The van der Waals surface area contributed by atoms with Crippen molar-refractivity contribution in [3.8, 4) is 22.4 Å². The number of piperidine rings is 2. The van der Waals surface area contributed by atoms with Gasteiger partial charge in [0.2, 0.25) is 0 Å². The highest BCUT2D eigenvalue weighted by molar-refractivity contribution is 5.94. The molecule has 2 fully saturated rings. The van der Waals surface area contributed by atoms with E-state index in [-0.39, 0.29) is 0 Å². The molecule has 2 aliphatic rings. The van der Waals surface area contributed by atoms with E-state index in [0.717, 1.165) is 71.1 Å². The Kier molecular flexibility index (Phi) is 5.39. The van der Waals surface area contributed by atoms with E-state index in [2.05, 4.69) is 54.0 Å². The lowest BCUT2D eigenvalue weighted by Gasteiger charge is -2.27. The third-order valence-electron chi connectivity index (χ3n) is 7.65. The van der Waals surface area contributed by atoms with E-state index >= 15 is 0 Å². The summed E-state index contributed by atoms with van der Waals surface area (Å²) < 4.78 is 2.33. The predicted molar refractivity (Wildman–Crippen MR) is 143 cm³/mol. The number of aromatic amines is 1. The number of nitrogens with zero attached hydrogens (tertiary/aromatic N) is 6. The summed E-state index contributed by atoms with van der Waals surface area (Å²) in [6.45, 7) is 4.23. The molecule has 0 radical (unpaired) electrons. The molecule has 2 N–H and O–H groups in total. The molecule has 8 nitrogen and oxygen atoms in total. The number of hydrogen-bond acceptors (Lipinski definition) is 6. The van der Waals surface area contributed by atoms with Gasteiger partial charge >= 0.3 is 0 Å². The van der Waals surface area contributed by atoms with Gasteiger partial charge in [-0.25, -0.2) is 19.9 Å². The van der Waals surface area contributed by atoms with Gasteiger partial charge in [-0.1, -0.05) is 6.07 Å². The van der Waals surface area contributed by atoms with Crippen LogP contribution in [0.3, 0.4) is 0 Å². The van der Waals surface area contributed by atoms with Crippen molar-refractivity contribution in [3.63, 3.8) is 0 Å². The highest BCUT2D eigenvalue weighted by atomic mass is 15.2. The van der Waals surface area contributed by atoms with Gasteiger partial charge in [-0.15, -0.1) is 0 Å². The molecule has 0 bridgehead atoms. The summed E-state index contributed by atoms with van der Waals surface area (Å²) >= 11 is 0. The van der Waals surface area contributed by atoms with Gasteiger partial charge in [-0.3, -0.25) is 0 Å². The fraction of sp³-hybridized carbons (Fsp3) is 0.357. The zero-order valence-electron chi connectivity index (χ0n) is 20.3. The first-order chi connectivity index (χ1) is 17.8. The summed E-state index contributed by atoms with van der Waals surface area (Å²) in [5.41, 5.74) is 7.96. The molecule has 182 valence electrons. The van der Waals surface area contributed by atoms with Crippen molar-refractivity contribution < 1.29 is 0 Å². The van der Waals surface area contributed by atoms with Gasteiger partial charge in [0.15, 0.2) is 5.65 Å². The minimum atomic E-state index is 0.439. The van der Waals surface area contributed by atoms with Crippen molar-refractivity contribution in [2.75, 3.05) is 31.1 Å². The number of anilines is 1. The number of pyridine rings is 1. The molecular formula is C28H30N8. The lowest BCUT2D eigenvalue weighted by atomic mass is 10.1. The van der Waals surface area contributed by atoms with Crippen LogP contribution < -0.4 is 10.2 Å². The first-order valence-corrected chi connectivity index (χ1v) is 13.1. The van der Waals surface area contributed by atoms with E-state index in [1.165, 1.54) is 37.6 Å². The van der Waals surface area contributed by atoms with Crippen molar-refractivity contribution in [1.29, 1.82) is 0 Å². The topological polar surface area (TPSA) is 87.5 Å². The third-order valence-corrected chi connectivity index (χ3v) is 7.65. The van der Waals surface area contributed by atoms with Gasteiger partial charge in [0, 0.05) is 49.2 Å². The van der Waals surface area contributed by atoms with Gasteiger partial charge in [0.25, 0.3) is 0 Å². The highest BCUT2D eigenvalue weighted by Crippen LogP contribution is 2.32. The molecule has 1 atom stereocenters. The molecule has 6 heterocycles. The predicted octanol–water partition coefficient (Wildman–Crippen LogP) is 4.95. The smallest absolute Gasteiger partial charge is 0.156 e. The number of rotatable bonds is 4. The van der Waals surface area contributed by atoms with Gasteiger partial charge in [-0.05, 0) is 68.5 Å². The summed E-state index contributed by atoms with van der Waals surface area (Å²) in [7, 11) is 0. The number of hydrogen-bond donors (Lipinski definition) is 2. The van der Waals surface area contributed by atoms with Gasteiger partial charge in [0.1, 0.15) is 11.3 Å². The Morgan fingerprint density at radius 2 is 1.86 bits per heavy atom. The molecule has 0 spiro atoms. The minimum Gasteiger partial charge on any atom is -0.357 e. The molecule has 2 aliphatic heterocycles. The Bertz CT molecular complexity index is 1520. The second-order valence-corrected chi connectivity index (χ2v) is 9.96. The zero-order valence-corrected chi connectivity index (χ0v) is 20.3. The van der Waals surface area contributed by atoms with Gasteiger partial charge < -0.3 is 19.8 Å². The second kappa shape index (κ2) is 9.02. The summed E-state index contributed by atoms with van der Waals surface area (Å²) in [6, 6.07) is 11.1. The Hall–Kier alpha value is -3.78. The van der Waals surface area contributed by atoms with E-state index in [9.17, 15) is 0 Å². The van der Waals surface area contributed by atoms with Crippen molar-refractivity contribution in [2.24, 2.45) is 0 Å². The summed E-state index contributed by atoms with van der Waals surface area (Å²) in [6.07, 6.45) is 13.9. The largest absolute Gasteiger partial charge is 0.357 e. The van der Waals surface area contributed by atoms with Crippen molar-refractivity contribution in [2.45, 2.75) is 38.1 Å². The molecule has 0 saturated carbocycles. The van der Waals surface area contributed by atoms with E-state index in [4.69, 9.17) is 9.97 Å². The molecule has 4 aromatic heterocycles. The number of benzene rings is 1. The van der Waals surface area contributed by atoms with E-state index in [0.29, 0.717) is 6.04 Å². The molecule has 5 aromatic rings. The van der Waals surface area contributed by atoms with Gasteiger partial charge in [-0.2, -0.15) is 0 Å². The molecular weight excluding hydrogens is 448 g/mol. The maximum Gasteiger partial charge on any atom is 0.156 e. The fourth-order valence-corrected chi connectivity index (χ4v) is 5.68. The summed E-state index contributed by atoms with van der Waals surface area (Å²) in [4.78, 5) is 24.8. The Balaban J connectivity index is 1.27. The lowest BCUT2D eigenvalue weighted by Crippen LogP contribution is -2.31. The second-order valence-electron chi connectivity index (χ2n) is 9.96. The van der Waals surface area contributed by atoms with Crippen molar-refractivity contribution in [1.82, 2.24) is 34.8 Å². The standard InChI is InChI=1S/C28H30N8/c1-2-11-35(12-3-1)26-14-20(8-10-30-26)24-17-32-28-27(34-24)22(16-31-28)19-6-7-23-25(13-19)36(18-33-23)21-5-4-9-29-15-21/h6-8,10,13-14,16-18,21,29H,1-5,9,11-12,15H2,(H,31,32). The third kappa shape index (κ3) is 3.82. The first kappa shape index (κ1) is 21.5. The fourth-order valence-electron chi connectivity index (χ4n) is 5.68. The zero-order chi connectivity index (χ0) is 23.9. The molecule has 1 unspecified atom stereocenters. The Morgan fingerprint density at radius 3 is 2.75 bits per heavy atom. The van der Waals surface area contributed by atoms with Crippen LogP contribution in [0.25, 0.3) is 44.6 Å². The molecule has 2 saturated heterocycles. The number of aromatic nitrogens is 6. The SMILES string of the molecule is c1cc(-c2cnc3[nH]cc(-c4ccc5ncn(C6CCCNC6)c5c4)c3n2)cc(N2CCCCC2)n1. The number of imidazole rings is 1. The molecule has 0 aliphatic carbocycles. The van der Waals surface area contributed by atoms with Crippen LogP contribution in [0.1, 0.15) is 38.1 Å². The van der Waals surface area contributed by atoms with Gasteiger partial charge in [0.05, 0.1) is 29.3 Å². The molecule has 7 rings (SSSR count). The summed E-state index contributed by atoms with van der Waals surface area (Å²) in [5, 5.41) is 3.52. The quantitative estimate of drug-likeness (QED) is 0.380. The minimum absolute atomic E-state index is 0.439. The Labute approximate surface area is 209 Å². The first-order valence-electron chi connectivity index (χ1n) is 13.1. The van der Waals surface area contributed by atoms with Crippen molar-refractivity contribution >= 4 is 28.0 Å². The lowest BCUT2D eigenvalue weighted by molar-refractivity contribution is 0.378. The Morgan fingerprint density at radius 1 is 0.917 bits per heavy atom. The number of fused-ring (bicyclic) bond motifs is 2. The normalized spacial score (nSPS) is 18.8. The molecule has 0 amide bonds. The maximum absolute atomic E-state index is 5.08. The van der Waals surface area contributed by atoms with E-state index < -0.39 is 0 Å². The average Bonchev–Trinajstić information content (AvgIpc) is 3.58.